The first-order chi connectivity index (χ1) is 20.7. The van der Waals surface area contributed by atoms with Crippen LogP contribution in [0.25, 0.3) is 43.5 Å². The first-order valence-corrected chi connectivity index (χ1v) is 15.2. The van der Waals surface area contributed by atoms with Crippen molar-refractivity contribution in [3.63, 3.8) is 0 Å². The minimum absolute atomic E-state index is 0.0168. The van der Waals surface area contributed by atoms with Crippen molar-refractivity contribution in [1.82, 2.24) is 4.57 Å². The fourth-order valence-corrected chi connectivity index (χ4v) is 7.73. The number of rotatable bonds is 5. The highest BCUT2D eigenvalue weighted by Gasteiger charge is 2.18. The van der Waals surface area contributed by atoms with Crippen LogP contribution in [0.15, 0.2) is 84.2 Å². The summed E-state index contributed by atoms with van der Waals surface area (Å²) in [5.41, 5.74) is 9.05. The first kappa shape index (κ1) is 28.4. The molecule has 0 aliphatic carbocycles. The van der Waals surface area contributed by atoms with Crippen molar-refractivity contribution in [3.05, 3.63) is 127 Å². The molecule has 0 amide bonds. The number of pyridine rings is 1. The minimum atomic E-state index is -0.0168. The fourth-order valence-electron chi connectivity index (χ4n) is 6.43. The molecule has 0 aliphatic heterocycles. The molecule has 0 bridgehead atoms. The van der Waals surface area contributed by atoms with Crippen molar-refractivity contribution in [3.8, 4) is 0 Å². The Kier molecular flexibility index (Phi) is 7.15. The van der Waals surface area contributed by atoms with E-state index >= 15 is 0 Å². The molecule has 214 valence electrons. The zero-order valence-electron chi connectivity index (χ0n) is 25.4. The first-order valence-electron chi connectivity index (χ1n) is 14.4. The maximum atomic E-state index is 13.8. The molecule has 5 heteroatoms. The molecule has 0 saturated carbocycles. The molecule has 0 N–H and O–H groups in total. The van der Waals surface area contributed by atoms with Crippen LogP contribution in [0, 0.1) is 20.8 Å². The monoisotopic (exact) mass is 582 g/mol. The third-order valence-corrected chi connectivity index (χ3v) is 9.75. The second-order valence-corrected chi connectivity index (χ2v) is 12.3. The number of aryl methyl sites for hydroxylation is 4. The maximum absolute atomic E-state index is 13.8. The highest BCUT2D eigenvalue weighted by atomic mass is 32.1. The average molecular weight is 583 g/mol. The van der Waals surface area contributed by atoms with Gasteiger partial charge < -0.3 is 9.47 Å². The van der Waals surface area contributed by atoms with Crippen LogP contribution in [0.5, 0.6) is 0 Å². The van der Waals surface area contributed by atoms with Gasteiger partial charge in [-0.1, -0.05) is 49.1 Å². The summed E-state index contributed by atoms with van der Waals surface area (Å²) in [6.45, 7) is 12.3. The Morgan fingerprint density at radius 1 is 0.907 bits per heavy atom. The molecule has 0 atom stereocenters. The Morgan fingerprint density at radius 2 is 1.67 bits per heavy atom. The molecular formula is C38H34N2O2S. The Labute approximate surface area is 255 Å². The van der Waals surface area contributed by atoms with Crippen molar-refractivity contribution in [1.29, 1.82) is 0 Å². The van der Waals surface area contributed by atoms with Crippen molar-refractivity contribution in [2.24, 2.45) is 7.05 Å². The van der Waals surface area contributed by atoms with E-state index in [4.69, 9.17) is 0 Å². The van der Waals surface area contributed by atoms with Crippen molar-refractivity contribution < 1.29 is 4.79 Å². The number of fused-ring (bicyclic) bond motifs is 3. The Bertz CT molecular complexity index is 2320. The van der Waals surface area contributed by atoms with E-state index in [1.807, 2.05) is 67.8 Å². The van der Waals surface area contributed by atoms with Gasteiger partial charge >= 0.3 is 0 Å². The van der Waals surface area contributed by atoms with E-state index in [9.17, 15) is 9.59 Å². The van der Waals surface area contributed by atoms with Crippen molar-refractivity contribution >= 4 is 72.5 Å². The second-order valence-electron chi connectivity index (χ2n) is 11.2. The zero-order chi connectivity index (χ0) is 30.6. The van der Waals surface area contributed by atoms with Gasteiger partial charge in [0, 0.05) is 45.4 Å². The molecule has 4 nitrogen and oxygen atoms in total. The van der Waals surface area contributed by atoms with Gasteiger partial charge in [0.05, 0.1) is 16.7 Å². The number of thiophene rings is 1. The zero-order valence-corrected chi connectivity index (χ0v) is 26.2. The molecule has 0 fully saturated rings. The summed E-state index contributed by atoms with van der Waals surface area (Å²) in [7, 11) is 3.90. The summed E-state index contributed by atoms with van der Waals surface area (Å²) < 4.78 is 4.47. The van der Waals surface area contributed by atoms with Gasteiger partial charge in [-0.3, -0.25) is 9.59 Å². The standard InChI is InChI=1S/C38H34N2O2S/c1-8-27(38-28(9-2)29-12-10-11-13-35(29)43-38)25-14-15-31(23(4)18-25)39(6)32-20-30-33(19-26(32)21-41)40(7)34-17-22(3)16-24(5)36(34)37(30)42/h8-21H,1H2,2-7H3/b28-9-,38-27-. The van der Waals surface area contributed by atoms with E-state index < -0.39 is 0 Å². The molecule has 0 unspecified atom stereocenters. The van der Waals surface area contributed by atoms with E-state index in [0.29, 0.717) is 22.0 Å². The van der Waals surface area contributed by atoms with Crippen LogP contribution < -0.4 is 20.1 Å². The maximum Gasteiger partial charge on any atom is 0.197 e. The minimum Gasteiger partial charge on any atom is -0.344 e. The number of hydrogen-bond donors (Lipinski definition) is 0. The van der Waals surface area contributed by atoms with E-state index in [-0.39, 0.29) is 5.43 Å². The normalized spacial score (nSPS) is 12.7. The quantitative estimate of drug-likeness (QED) is 0.155. The fraction of sp³-hybridized carbons (Fsp3) is 0.158. The Balaban J connectivity index is 1.52. The van der Waals surface area contributed by atoms with E-state index in [0.717, 1.165) is 50.8 Å². The number of aldehydes is 1. The van der Waals surface area contributed by atoms with Gasteiger partial charge in [-0.25, -0.2) is 0 Å². The number of aromatic nitrogens is 1. The van der Waals surface area contributed by atoms with E-state index in [1.165, 1.54) is 19.8 Å². The number of anilines is 2. The molecule has 6 rings (SSSR count). The number of benzene rings is 4. The molecule has 4 aromatic carbocycles. The van der Waals surface area contributed by atoms with E-state index in [1.54, 1.807) is 11.3 Å². The van der Waals surface area contributed by atoms with Crippen LogP contribution in [-0.4, -0.2) is 17.9 Å². The lowest BCUT2D eigenvalue weighted by Crippen LogP contribution is -2.21. The predicted octanol–water partition coefficient (Wildman–Crippen LogP) is 7.60. The lowest BCUT2D eigenvalue weighted by Gasteiger charge is -2.25. The molecule has 2 aromatic heterocycles. The highest BCUT2D eigenvalue weighted by molar-refractivity contribution is 7.17. The number of allylic oxidation sites excluding steroid dienone is 1. The van der Waals surface area contributed by atoms with E-state index in [2.05, 4.69) is 69.0 Å². The van der Waals surface area contributed by atoms with Gasteiger partial charge in [-0.2, -0.15) is 0 Å². The lowest BCUT2D eigenvalue weighted by atomic mass is 9.99. The largest absolute Gasteiger partial charge is 0.344 e. The SMILES string of the molecule is C=C/C(c1ccc(N(C)c2cc3c(=O)c4c(C)cc(C)cc4n(C)c3cc2C=O)c(C)c1)=c1/sc2ccccc2/c1=C/C. The van der Waals surface area contributed by atoms with Gasteiger partial charge in [0.2, 0.25) is 0 Å². The molecule has 0 radical (unpaired) electrons. The van der Waals surface area contributed by atoms with Gasteiger partial charge in [-0.05, 0) is 103 Å². The van der Waals surface area contributed by atoms with Crippen LogP contribution in [0.4, 0.5) is 11.4 Å². The third-order valence-electron chi connectivity index (χ3n) is 8.53. The molecule has 43 heavy (non-hydrogen) atoms. The molecule has 0 spiro atoms. The second kappa shape index (κ2) is 10.8. The predicted molar refractivity (Wildman–Crippen MR) is 185 cm³/mol. The summed E-state index contributed by atoms with van der Waals surface area (Å²) in [5.74, 6) is 0. The van der Waals surface area contributed by atoms with Crippen molar-refractivity contribution in [2.75, 3.05) is 11.9 Å². The van der Waals surface area contributed by atoms with Crippen LogP contribution in [-0.2, 0) is 7.05 Å². The molecule has 0 saturated heterocycles. The molecular weight excluding hydrogens is 548 g/mol. The number of nitrogens with zero attached hydrogens (tertiary/aromatic N) is 2. The molecule has 0 aliphatic rings. The number of carbonyl (C=O) groups excluding carboxylic acids is 1. The lowest BCUT2D eigenvalue weighted by molar-refractivity contribution is 0.112. The highest BCUT2D eigenvalue weighted by Crippen LogP contribution is 2.34. The van der Waals surface area contributed by atoms with Gasteiger partial charge in [0.15, 0.2) is 11.7 Å². The van der Waals surface area contributed by atoms with Crippen LogP contribution in [0.1, 0.15) is 39.5 Å². The number of hydrogen-bond acceptors (Lipinski definition) is 4. The van der Waals surface area contributed by atoms with Crippen LogP contribution >= 0.6 is 11.3 Å². The van der Waals surface area contributed by atoms with Crippen LogP contribution in [0.3, 0.4) is 0 Å². The van der Waals surface area contributed by atoms with Crippen LogP contribution in [0.2, 0.25) is 0 Å². The summed E-state index contributed by atoms with van der Waals surface area (Å²) in [4.78, 5) is 28.2. The smallest absolute Gasteiger partial charge is 0.197 e. The van der Waals surface area contributed by atoms with Gasteiger partial charge in [0.1, 0.15) is 0 Å². The van der Waals surface area contributed by atoms with Gasteiger partial charge in [-0.15, -0.1) is 11.3 Å². The average Bonchev–Trinajstić information content (AvgIpc) is 3.37. The summed E-state index contributed by atoms with van der Waals surface area (Å²) in [6, 6.07) is 22.6. The molecule has 6 aromatic rings. The van der Waals surface area contributed by atoms with Crippen molar-refractivity contribution in [2.45, 2.75) is 27.7 Å². The summed E-state index contributed by atoms with van der Waals surface area (Å²) in [5, 5.41) is 3.78. The summed E-state index contributed by atoms with van der Waals surface area (Å²) in [6.07, 6.45) is 4.98. The summed E-state index contributed by atoms with van der Waals surface area (Å²) >= 11 is 1.78. The third kappa shape index (κ3) is 4.52. The Morgan fingerprint density at radius 3 is 2.37 bits per heavy atom. The Hall–Kier alpha value is -4.74. The molecule has 2 heterocycles. The number of carbonyl (C=O) groups is 1. The van der Waals surface area contributed by atoms with Gasteiger partial charge in [0.25, 0.3) is 0 Å². The topological polar surface area (TPSA) is 42.3 Å².